The Kier molecular flexibility index (Phi) is 8.72. The Morgan fingerprint density at radius 1 is 1.39 bits per heavy atom. The molecule has 2 unspecified atom stereocenters. The zero-order valence-electron chi connectivity index (χ0n) is 17.6. The molecule has 0 spiro atoms. The number of nitrogens with one attached hydrogen (secondary N) is 2. The number of aromatic nitrogens is 1. The second-order valence-electron chi connectivity index (χ2n) is 9.11. The standard InChI is InChI=1S/C22H36N4O.ClH/c1-4-22(2,3)25-21(27)9-5-8-20-19-11-18(13-24-20)15-26(16-19)14-17-7-6-10-23-12-17;/h6-7,10,12,18-20,24H,4-5,8-9,11,13-16H2,1-3H3,(H,25,27);1H/t18?,19?,20-;/m1./s1. The van der Waals surface area contributed by atoms with Gasteiger partial charge in [-0.25, -0.2) is 0 Å². The summed E-state index contributed by atoms with van der Waals surface area (Å²) < 4.78 is 0. The topological polar surface area (TPSA) is 57.3 Å². The molecule has 0 aliphatic carbocycles. The molecule has 3 rings (SSSR count). The summed E-state index contributed by atoms with van der Waals surface area (Å²) in [7, 11) is 0. The van der Waals surface area contributed by atoms with E-state index in [1.165, 1.54) is 18.5 Å². The molecule has 2 fully saturated rings. The van der Waals surface area contributed by atoms with Gasteiger partial charge in [-0.05, 0) is 69.5 Å². The monoisotopic (exact) mass is 408 g/mol. The smallest absolute Gasteiger partial charge is 0.220 e. The predicted octanol–water partition coefficient (Wildman–Crippen LogP) is 3.39. The molecule has 158 valence electrons. The molecule has 2 aliphatic heterocycles. The first-order valence-electron chi connectivity index (χ1n) is 10.6. The van der Waals surface area contributed by atoms with Gasteiger partial charge in [0.2, 0.25) is 5.91 Å². The maximum atomic E-state index is 12.2. The lowest BCUT2D eigenvalue weighted by Crippen LogP contribution is -2.55. The van der Waals surface area contributed by atoms with Crippen LogP contribution in [0, 0.1) is 11.8 Å². The Balaban J connectivity index is 0.00000280. The number of hydrogen-bond donors (Lipinski definition) is 2. The summed E-state index contributed by atoms with van der Waals surface area (Å²) in [5.74, 6) is 1.65. The van der Waals surface area contributed by atoms with Crippen molar-refractivity contribution in [1.82, 2.24) is 20.5 Å². The van der Waals surface area contributed by atoms with Crippen molar-refractivity contribution < 1.29 is 4.79 Å². The van der Waals surface area contributed by atoms with Crippen LogP contribution in [0.25, 0.3) is 0 Å². The molecule has 3 atom stereocenters. The van der Waals surface area contributed by atoms with E-state index in [1.54, 1.807) is 0 Å². The van der Waals surface area contributed by atoms with Gasteiger partial charge in [0.05, 0.1) is 0 Å². The maximum Gasteiger partial charge on any atom is 0.220 e. The number of amides is 1. The minimum atomic E-state index is -0.0937. The Labute approximate surface area is 176 Å². The largest absolute Gasteiger partial charge is 0.351 e. The SMILES string of the molecule is CCC(C)(C)NC(=O)CCC[C@H]1NCC2CC1CN(Cc1cccnc1)C2.Cl. The molecule has 1 amide bonds. The Hall–Kier alpha value is -1.17. The zero-order valence-corrected chi connectivity index (χ0v) is 18.4. The fraction of sp³-hybridized carbons (Fsp3) is 0.727. The van der Waals surface area contributed by atoms with Crippen molar-refractivity contribution in [2.75, 3.05) is 19.6 Å². The molecule has 0 radical (unpaired) electrons. The van der Waals surface area contributed by atoms with Crippen LogP contribution in [0.15, 0.2) is 24.5 Å². The highest BCUT2D eigenvalue weighted by atomic mass is 35.5. The third kappa shape index (κ3) is 6.71. The summed E-state index contributed by atoms with van der Waals surface area (Å²) in [6.07, 6.45) is 8.81. The zero-order chi connectivity index (χ0) is 19.3. The van der Waals surface area contributed by atoms with Gasteiger partial charge in [-0.2, -0.15) is 0 Å². The van der Waals surface area contributed by atoms with Gasteiger partial charge in [-0.3, -0.25) is 14.7 Å². The van der Waals surface area contributed by atoms with E-state index in [-0.39, 0.29) is 23.9 Å². The summed E-state index contributed by atoms with van der Waals surface area (Å²) in [4.78, 5) is 19.0. The van der Waals surface area contributed by atoms with Crippen LogP contribution in [0.5, 0.6) is 0 Å². The van der Waals surface area contributed by atoms with Gasteiger partial charge in [0.25, 0.3) is 0 Å². The van der Waals surface area contributed by atoms with Crippen molar-refractivity contribution in [1.29, 1.82) is 0 Å². The Morgan fingerprint density at radius 3 is 2.93 bits per heavy atom. The lowest BCUT2D eigenvalue weighted by Gasteiger charge is -2.46. The molecular weight excluding hydrogens is 372 g/mol. The van der Waals surface area contributed by atoms with E-state index in [0.29, 0.717) is 18.4 Å². The lowest BCUT2D eigenvalue weighted by atomic mass is 9.79. The van der Waals surface area contributed by atoms with Crippen LogP contribution < -0.4 is 10.6 Å². The molecule has 3 heterocycles. The van der Waals surface area contributed by atoms with Gasteiger partial charge in [-0.1, -0.05) is 13.0 Å². The highest BCUT2D eigenvalue weighted by Gasteiger charge is 2.36. The normalized spacial score (nSPS) is 25.0. The third-order valence-corrected chi connectivity index (χ3v) is 6.29. The van der Waals surface area contributed by atoms with Crippen LogP contribution in [0.1, 0.15) is 58.4 Å². The first-order chi connectivity index (χ1) is 12.9. The quantitative estimate of drug-likeness (QED) is 0.692. The number of nitrogens with zero attached hydrogens (tertiary/aromatic N) is 2. The van der Waals surface area contributed by atoms with E-state index >= 15 is 0 Å². The van der Waals surface area contributed by atoms with E-state index in [1.807, 2.05) is 18.5 Å². The fourth-order valence-corrected chi connectivity index (χ4v) is 4.50. The minimum absolute atomic E-state index is 0. The summed E-state index contributed by atoms with van der Waals surface area (Å²) >= 11 is 0. The molecular formula is C22H37ClN4O. The van der Waals surface area contributed by atoms with Crippen molar-refractivity contribution in [3.63, 3.8) is 0 Å². The van der Waals surface area contributed by atoms with Gasteiger partial charge in [-0.15, -0.1) is 12.4 Å². The minimum Gasteiger partial charge on any atom is -0.351 e. The summed E-state index contributed by atoms with van der Waals surface area (Å²) in [5.41, 5.74) is 1.21. The second-order valence-corrected chi connectivity index (χ2v) is 9.11. The van der Waals surface area contributed by atoms with Gasteiger partial charge in [0, 0.05) is 50.0 Å². The predicted molar refractivity (Wildman–Crippen MR) is 117 cm³/mol. The van der Waals surface area contributed by atoms with Crippen molar-refractivity contribution in [2.24, 2.45) is 11.8 Å². The Bertz CT molecular complexity index is 610. The molecule has 2 N–H and O–H groups in total. The number of rotatable bonds is 8. The first kappa shape index (κ1) is 23.1. The summed E-state index contributed by atoms with van der Waals surface area (Å²) in [6.45, 7) is 10.7. The number of pyridine rings is 1. The fourth-order valence-electron chi connectivity index (χ4n) is 4.50. The molecule has 5 nitrogen and oxygen atoms in total. The van der Waals surface area contributed by atoms with Crippen molar-refractivity contribution in [3.05, 3.63) is 30.1 Å². The Morgan fingerprint density at radius 2 is 2.21 bits per heavy atom. The average molecular weight is 409 g/mol. The molecule has 2 bridgehead atoms. The van der Waals surface area contributed by atoms with Gasteiger partial charge in [0.15, 0.2) is 0 Å². The van der Waals surface area contributed by atoms with Crippen LogP contribution in [0.4, 0.5) is 0 Å². The number of fused-ring (bicyclic) bond motifs is 2. The van der Waals surface area contributed by atoms with E-state index in [4.69, 9.17) is 0 Å². The summed E-state index contributed by atoms with van der Waals surface area (Å²) in [6, 6.07) is 4.74. The third-order valence-electron chi connectivity index (χ3n) is 6.29. The van der Waals surface area contributed by atoms with E-state index < -0.39 is 0 Å². The molecule has 2 saturated heterocycles. The highest BCUT2D eigenvalue weighted by Crippen LogP contribution is 2.31. The van der Waals surface area contributed by atoms with Crippen LogP contribution in [0.3, 0.4) is 0 Å². The molecule has 0 aromatic carbocycles. The van der Waals surface area contributed by atoms with Crippen molar-refractivity contribution in [2.45, 2.75) is 71.0 Å². The summed E-state index contributed by atoms with van der Waals surface area (Å²) in [5, 5.41) is 6.92. The number of carbonyl (C=O) groups excluding carboxylic acids is 1. The van der Waals surface area contributed by atoms with Crippen LogP contribution >= 0.6 is 12.4 Å². The number of hydrogen-bond acceptors (Lipinski definition) is 4. The molecule has 0 saturated carbocycles. The number of likely N-dealkylation sites (tertiary alicyclic amines) is 1. The molecule has 1 aromatic heterocycles. The van der Waals surface area contributed by atoms with Gasteiger partial charge < -0.3 is 10.6 Å². The molecule has 2 aliphatic rings. The van der Waals surface area contributed by atoms with E-state index in [9.17, 15) is 4.79 Å². The van der Waals surface area contributed by atoms with Crippen LogP contribution in [-0.4, -0.2) is 47.0 Å². The number of halogens is 1. The van der Waals surface area contributed by atoms with Crippen LogP contribution in [0.2, 0.25) is 0 Å². The highest BCUT2D eigenvalue weighted by molar-refractivity contribution is 5.85. The molecule has 1 aromatic rings. The molecule has 6 heteroatoms. The second kappa shape index (κ2) is 10.6. The first-order valence-corrected chi connectivity index (χ1v) is 10.6. The number of piperidine rings is 2. The maximum absolute atomic E-state index is 12.2. The molecule has 28 heavy (non-hydrogen) atoms. The van der Waals surface area contributed by atoms with Crippen molar-refractivity contribution in [3.8, 4) is 0 Å². The lowest BCUT2D eigenvalue weighted by molar-refractivity contribution is -0.122. The van der Waals surface area contributed by atoms with E-state index in [2.05, 4.69) is 47.4 Å². The van der Waals surface area contributed by atoms with Gasteiger partial charge >= 0.3 is 0 Å². The van der Waals surface area contributed by atoms with Crippen molar-refractivity contribution >= 4 is 18.3 Å². The number of carbonyl (C=O) groups is 1. The van der Waals surface area contributed by atoms with E-state index in [0.717, 1.165) is 44.8 Å². The van der Waals surface area contributed by atoms with Gasteiger partial charge in [0.1, 0.15) is 0 Å². The average Bonchev–Trinajstić information content (AvgIpc) is 2.64. The van der Waals surface area contributed by atoms with Crippen LogP contribution in [-0.2, 0) is 11.3 Å².